The molecular weight excluding hydrogens is 345 g/mol. The second kappa shape index (κ2) is 6.46. The fourth-order valence-electron chi connectivity index (χ4n) is 2.75. The van der Waals surface area contributed by atoms with Gasteiger partial charge in [-0.05, 0) is 50.6 Å². The topological polar surface area (TPSA) is 46.4 Å². The van der Waals surface area contributed by atoms with Gasteiger partial charge in [0, 0.05) is 11.8 Å². The Kier molecular flexibility index (Phi) is 4.52. The van der Waals surface area contributed by atoms with Crippen molar-refractivity contribution >= 4 is 40.6 Å². The molecular formula is C18H17Cl2N3O. The monoisotopic (exact) mass is 361 g/mol. The van der Waals surface area contributed by atoms with Crippen molar-refractivity contribution in [3.63, 3.8) is 0 Å². The standard InChI is InChI=1S/C18H17Cl2N3O/c1-10-4-5-23-14(9-10)21-15(17(23)22-18(24)16(19)20)13-7-11(2)6-12(3)8-13/h4-9,16H,1-3H3,(H,22,24). The zero-order valence-corrected chi connectivity index (χ0v) is 15.1. The van der Waals surface area contributed by atoms with Gasteiger partial charge in [0.15, 0.2) is 4.84 Å². The van der Waals surface area contributed by atoms with Crippen LogP contribution in [0, 0.1) is 20.8 Å². The summed E-state index contributed by atoms with van der Waals surface area (Å²) in [6.45, 7) is 6.06. The van der Waals surface area contributed by atoms with E-state index in [2.05, 4.69) is 11.4 Å². The van der Waals surface area contributed by atoms with Gasteiger partial charge in [0.2, 0.25) is 0 Å². The van der Waals surface area contributed by atoms with Crippen molar-refractivity contribution < 1.29 is 4.79 Å². The number of hydrogen-bond donors (Lipinski definition) is 1. The molecule has 124 valence electrons. The Morgan fingerprint density at radius 1 is 1.08 bits per heavy atom. The fourth-order valence-corrected chi connectivity index (χ4v) is 2.86. The molecule has 0 atom stereocenters. The summed E-state index contributed by atoms with van der Waals surface area (Å²) < 4.78 is 1.83. The third kappa shape index (κ3) is 3.25. The van der Waals surface area contributed by atoms with Gasteiger partial charge in [-0.2, -0.15) is 0 Å². The lowest BCUT2D eigenvalue weighted by atomic mass is 10.1. The van der Waals surface area contributed by atoms with Crippen LogP contribution in [0.15, 0.2) is 36.5 Å². The number of imidazole rings is 1. The molecule has 0 saturated carbocycles. The number of nitrogens with one attached hydrogen (secondary N) is 1. The van der Waals surface area contributed by atoms with Gasteiger partial charge in [0.25, 0.3) is 5.91 Å². The van der Waals surface area contributed by atoms with E-state index in [9.17, 15) is 4.79 Å². The van der Waals surface area contributed by atoms with Crippen LogP contribution in [0.3, 0.4) is 0 Å². The lowest BCUT2D eigenvalue weighted by Gasteiger charge is -2.09. The highest BCUT2D eigenvalue weighted by atomic mass is 35.5. The van der Waals surface area contributed by atoms with Crippen LogP contribution >= 0.6 is 23.2 Å². The first-order chi connectivity index (χ1) is 11.3. The van der Waals surface area contributed by atoms with Crippen LogP contribution in [0.2, 0.25) is 0 Å². The number of carbonyl (C=O) groups excluding carboxylic acids is 1. The summed E-state index contributed by atoms with van der Waals surface area (Å²) in [5, 5.41) is 2.79. The molecule has 0 aliphatic heterocycles. The largest absolute Gasteiger partial charge is 0.308 e. The lowest BCUT2D eigenvalue weighted by molar-refractivity contribution is -0.114. The Morgan fingerprint density at radius 2 is 1.75 bits per heavy atom. The zero-order chi connectivity index (χ0) is 17.4. The molecule has 1 amide bonds. The van der Waals surface area contributed by atoms with Crippen molar-refractivity contribution in [2.24, 2.45) is 0 Å². The van der Waals surface area contributed by atoms with Crippen molar-refractivity contribution in [1.29, 1.82) is 0 Å². The molecule has 2 heterocycles. The molecule has 2 aromatic heterocycles. The second-order valence-electron chi connectivity index (χ2n) is 5.91. The first kappa shape index (κ1) is 16.8. The molecule has 0 aliphatic carbocycles. The van der Waals surface area contributed by atoms with Crippen molar-refractivity contribution in [3.05, 3.63) is 53.2 Å². The number of aromatic nitrogens is 2. The summed E-state index contributed by atoms with van der Waals surface area (Å²) in [4.78, 5) is 15.6. The van der Waals surface area contributed by atoms with E-state index in [-0.39, 0.29) is 0 Å². The summed E-state index contributed by atoms with van der Waals surface area (Å²) in [5.74, 6) is 0.0811. The second-order valence-corrected chi connectivity index (χ2v) is 7.00. The number of amides is 1. The summed E-state index contributed by atoms with van der Waals surface area (Å²) in [6, 6.07) is 10.1. The van der Waals surface area contributed by atoms with Crippen molar-refractivity contribution in [2.45, 2.75) is 25.6 Å². The van der Waals surface area contributed by atoms with Crippen molar-refractivity contribution in [1.82, 2.24) is 9.38 Å². The molecule has 1 N–H and O–H groups in total. The van der Waals surface area contributed by atoms with Crippen LogP contribution < -0.4 is 5.32 Å². The average molecular weight is 362 g/mol. The maximum Gasteiger partial charge on any atom is 0.258 e. The molecule has 0 saturated heterocycles. The van der Waals surface area contributed by atoms with Gasteiger partial charge < -0.3 is 5.32 Å². The summed E-state index contributed by atoms with van der Waals surface area (Å²) in [7, 11) is 0. The van der Waals surface area contributed by atoms with Crippen LogP contribution in [0.5, 0.6) is 0 Å². The van der Waals surface area contributed by atoms with Crippen LogP contribution in [0.25, 0.3) is 16.9 Å². The van der Waals surface area contributed by atoms with Gasteiger partial charge in [0.1, 0.15) is 17.2 Å². The Hall–Kier alpha value is -2.04. The summed E-state index contributed by atoms with van der Waals surface area (Å²) in [6.07, 6.45) is 1.87. The van der Waals surface area contributed by atoms with E-state index in [4.69, 9.17) is 28.2 Å². The molecule has 3 rings (SSSR count). The zero-order valence-electron chi connectivity index (χ0n) is 13.6. The SMILES string of the molecule is Cc1cc(C)cc(-c2nc3cc(C)ccn3c2NC(=O)C(Cl)Cl)c1. The molecule has 0 radical (unpaired) electrons. The lowest BCUT2D eigenvalue weighted by Crippen LogP contribution is -2.20. The van der Waals surface area contributed by atoms with Gasteiger partial charge in [-0.25, -0.2) is 4.98 Å². The molecule has 3 aromatic rings. The molecule has 0 spiro atoms. The van der Waals surface area contributed by atoms with Crippen LogP contribution in [-0.2, 0) is 4.79 Å². The Bertz CT molecular complexity index is 911. The third-order valence-corrected chi connectivity index (χ3v) is 4.11. The van der Waals surface area contributed by atoms with E-state index in [1.54, 1.807) is 0 Å². The van der Waals surface area contributed by atoms with Crippen LogP contribution in [0.1, 0.15) is 16.7 Å². The summed E-state index contributed by atoms with van der Waals surface area (Å²) >= 11 is 11.4. The van der Waals surface area contributed by atoms with Crippen molar-refractivity contribution in [2.75, 3.05) is 5.32 Å². The average Bonchev–Trinajstić information content (AvgIpc) is 2.84. The van der Waals surface area contributed by atoms with Crippen molar-refractivity contribution in [3.8, 4) is 11.3 Å². The van der Waals surface area contributed by atoms with Gasteiger partial charge in [-0.3, -0.25) is 9.20 Å². The van der Waals surface area contributed by atoms with Gasteiger partial charge in [-0.15, -0.1) is 0 Å². The van der Waals surface area contributed by atoms with E-state index in [1.165, 1.54) is 0 Å². The minimum Gasteiger partial charge on any atom is -0.308 e. The molecule has 24 heavy (non-hydrogen) atoms. The number of hydrogen-bond acceptors (Lipinski definition) is 2. The number of pyridine rings is 1. The van der Waals surface area contributed by atoms with E-state index in [0.29, 0.717) is 11.5 Å². The highest BCUT2D eigenvalue weighted by Crippen LogP contribution is 2.31. The first-order valence-electron chi connectivity index (χ1n) is 7.51. The molecule has 0 bridgehead atoms. The summed E-state index contributed by atoms with van der Waals surface area (Å²) in [5.41, 5.74) is 5.72. The van der Waals surface area contributed by atoms with Gasteiger partial charge >= 0.3 is 0 Å². The minimum atomic E-state index is -1.15. The Morgan fingerprint density at radius 3 is 2.38 bits per heavy atom. The number of anilines is 1. The van der Waals surface area contributed by atoms with E-state index >= 15 is 0 Å². The number of alkyl halides is 2. The normalized spacial score (nSPS) is 11.2. The molecule has 1 aromatic carbocycles. The van der Waals surface area contributed by atoms with Gasteiger partial charge in [0.05, 0.1) is 0 Å². The highest BCUT2D eigenvalue weighted by molar-refractivity contribution is 6.54. The maximum absolute atomic E-state index is 12.0. The Labute approximate surface area is 150 Å². The maximum atomic E-state index is 12.0. The third-order valence-electron chi connectivity index (χ3n) is 3.72. The quantitative estimate of drug-likeness (QED) is 0.689. The number of nitrogens with zero attached hydrogens (tertiary/aromatic N) is 2. The van der Waals surface area contributed by atoms with E-state index in [1.807, 2.05) is 55.6 Å². The minimum absolute atomic E-state index is 0.480. The van der Waals surface area contributed by atoms with E-state index in [0.717, 1.165) is 27.9 Å². The first-order valence-corrected chi connectivity index (χ1v) is 8.39. The number of benzene rings is 1. The highest BCUT2D eigenvalue weighted by Gasteiger charge is 2.20. The number of rotatable bonds is 3. The molecule has 0 unspecified atom stereocenters. The number of aryl methyl sites for hydroxylation is 3. The number of halogens is 2. The predicted octanol–water partition coefficient (Wildman–Crippen LogP) is 4.67. The molecule has 0 aliphatic rings. The smallest absolute Gasteiger partial charge is 0.258 e. The predicted molar refractivity (Wildman–Crippen MR) is 99.0 cm³/mol. The molecule has 0 fully saturated rings. The number of carbonyl (C=O) groups is 1. The van der Waals surface area contributed by atoms with Crippen LogP contribution in [-0.4, -0.2) is 20.1 Å². The van der Waals surface area contributed by atoms with E-state index < -0.39 is 10.7 Å². The van der Waals surface area contributed by atoms with Gasteiger partial charge in [-0.1, -0.05) is 40.4 Å². The molecule has 6 heteroatoms. The number of fused-ring (bicyclic) bond motifs is 1. The molecule has 4 nitrogen and oxygen atoms in total. The van der Waals surface area contributed by atoms with Crippen LogP contribution in [0.4, 0.5) is 5.82 Å². The Balaban J connectivity index is 2.23. The fraction of sp³-hybridized carbons (Fsp3) is 0.222.